The van der Waals surface area contributed by atoms with Gasteiger partial charge in [-0.1, -0.05) is 11.6 Å². The number of aromatic nitrogens is 1. The van der Waals surface area contributed by atoms with Gasteiger partial charge in [-0.3, -0.25) is 4.98 Å². The van der Waals surface area contributed by atoms with Gasteiger partial charge in [-0.15, -0.1) is 11.6 Å². The first-order chi connectivity index (χ1) is 6.52. The zero-order valence-electron chi connectivity index (χ0n) is 8.59. The van der Waals surface area contributed by atoms with Crippen molar-refractivity contribution in [2.75, 3.05) is 18.5 Å². The molecule has 0 aliphatic heterocycles. The number of pyridine rings is 1. The number of aryl methyl sites for hydroxylation is 1. The molecule has 0 N–H and O–H groups in total. The molecule has 1 aromatic heterocycles. The van der Waals surface area contributed by atoms with Gasteiger partial charge in [0.15, 0.2) is 0 Å². The number of hydrogen-bond acceptors (Lipinski definition) is 2. The van der Waals surface area contributed by atoms with Crippen LogP contribution in [0.4, 0.5) is 5.69 Å². The van der Waals surface area contributed by atoms with Crippen LogP contribution < -0.4 is 4.90 Å². The maximum absolute atomic E-state index is 6.12. The summed E-state index contributed by atoms with van der Waals surface area (Å²) in [6, 6.07) is 1.90. The van der Waals surface area contributed by atoms with Crippen molar-refractivity contribution in [2.45, 2.75) is 19.2 Å². The number of halogens is 2. The predicted octanol–water partition coefficient (Wildman–Crippen LogP) is 3.11. The fourth-order valence-electron chi connectivity index (χ4n) is 1.31. The summed E-state index contributed by atoms with van der Waals surface area (Å²) >= 11 is 12.0. The third-order valence-corrected chi connectivity index (χ3v) is 2.58. The fourth-order valence-corrected chi connectivity index (χ4v) is 1.77. The van der Waals surface area contributed by atoms with E-state index >= 15 is 0 Å². The molecule has 0 fully saturated rings. The monoisotopic (exact) mass is 232 g/mol. The van der Waals surface area contributed by atoms with Crippen LogP contribution in [0.5, 0.6) is 0 Å². The summed E-state index contributed by atoms with van der Waals surface area (Å²) in [7, 11) is 1.97. The molecule has 0 bridgehead atoms. The van der Waals surface area contributed by atoms with Gasteiger partial charge < -0.3 is 4.90 Å². The first-order valence-electron chi connectivity index (χ1n) is 4.48. The van der Waals surface area contributed by atoms with Gasteiger partial charge in [0.1, 0.15) is 0 Å². The molecule has 0 spiro atoms. The largest absolute Gasteiger partial charge is 0.372 e. The highest BCUT2D eigenvalue weighted by atomic mass is 35.5. The minimum Gasteiger partial charge on any atom is -0.372 e. The van der Waals surface area contributed by atoms with E-state index in [0.29, 0.717) is 5.02 Å². The van der Waals surface area contributed by atoms with E-state index in [0.717, 1.165) is 17.9 Å². The number of hydrogen-bond donors (Lipinski definition) is 0. The van der Waals surface area contributed by atoms with Crippen LogP contribution in [0.25, 0.3) is 0 Å². The number of alkyl halides is 1. The van der Waals surface area contributed by atoms with Gasteiger partial charge in [0.25, 0.3) is 0 Å². The minimum atomic E-state index is 0.101. The van der Waals surface area contributed by atoms with Crippen LogP contribution in [0.2, 0.25) is 5.02 Å². The van der Waals surface area contributed by atoms with Crippen LogP contribution in [-0.2, 0) is 0 Å². The molecule has 1 atom stereocenters. The highest BCUT2D eigenvalue weighted by molar-refractivity contribution is 6.33. The second-order valence-electron chi connectivity index (χ2n) is 3.39. The van der Waals surface area contributed by atoms with Crippen molar-refractivity contribution in [3.8, 4) is 0 Å². The number of rotatable bonds is 3. The van der Waals surface area contributed by atoms with Crippen molar-refractivity contribution in [1.29, 1.82) is 0 Å². The van der Waals surface area contributed by atoms with Gasteiger partial charge in [0.2, 0.25) is 0 Å². The second kappa shape index (κ2) is 4.85. The molecule has 0 aliphatic rings. The molecule has 0 saturated heterocycles. The first-order valence-corrected chi connectivity index (χ1v) is 5.30. The maximum Gasteiger partial charge on any atom is 0.0851 e. The lowest BCUT2D eigenvalue weighted by Crippen LogP contribution is -2.24. The Balaban J connectivity index is 2.89. The first kappa shape index (κ1) is 11.6. The Morgan fingerprint density at radius 3 is 2.79 bits per heavy atom. The van der Waals surface area contributed by atoms with Crippen LogP contribution in [-0.4, -0.2) is 24.0 Å². The SMILES string of the molecule is Cc1nccc(N(C)CC(C)Cl)c1Cl. The van der Waals surface area contributed by atoms with Crippen molar-refractivity contribution in [3.05, 3.63) is 23.0 Å². The lowest BCUT2D eigenvalue weighted by Gasteiger charge is -2.22. The Kier molecular flexibility index (Phi) is 4.02. The molecular weight excluding hydrogens is 219 g/mol. The molecule has 14 heavy (non-hydrogen) atoms. The highest BCUT2D eigenvalue weighted by Gasteiger charge is 2.10. The summed E-state index contributed by atoms with van der Waals surface area (Å²) in [5.41, 5.74) is 1.82. The van der Waals surface area contributed by atoms with Gasteiger partial charge in [-0.25, -0.2) is 0 Å². The van der Waals surface area contributed by atoms with Crippen molar-refractivity contribution >= 4 is 28.9 Å². The van der Waals surface area contributed by atoms with E-state index < -0.39 is 0 Å². The molecular formula is C10H14Cl2N2. The molecule has 0 saturated carbocycles. The molecule has 1 unspecified atom stereocenters. The van der Waals surface area contributed by atoms with Crippen LogP contribution >= 0.6 is 23.2 Å². The summed E-state index contributed by atoms with van der Waals surface area (Å²) in [5, 5.41) is 0.803. The Morgan fingerprint density at radius 1 is 1.57 bits per heavy atom. The molecule has 4 heteroatoms. The molecule has 0 radical (unpaired) electrons. The van der Waals surface area contributed by atoms with Crippen molar-refractivity contribution in [3.63, 3.8) is 0 Å². The summed E-state index contributed by atoms with van der Waals surface area (Å²) in [4.78, 5) is 6.15. The van der Waals surface area contributed by atoms with Crippen LogP contribution in [0.3, 0.4) is 0 Å². The molecule has 0 amide bonds. The third kappa shape index (κ3) is 2.76. The van der Waals surface area contributed by atoms with Crippen molar-refractivity contribution in [2.24, 2.45) is 0 Å². The minimum absolute atomic E-state index is 0.101. The van der Waals surface area contributed by atoms with Gasteiger partial charge in [0, 0.05) is 25.2 Å². The summed E-state index contributed by atoms with van der Waals surface area (Å²) in [5.74, 6) is 0. The third-order valence-electron chi connectivity index (χ3n) is 1.98. The van der Waals surface area contributed by atoms with Crippen LogP contribution in [0.15, 0.2) is 12.3 Å². The molecule has 1 rings (SSSR count). The zero-order valence-corrected chi connectivity index (χ0v) is 10.1. The molecule has 78 valence electrons. The van der Waals surface area contributed by atoms with Gasteiger partial charge in [-0.05, 0) is 19.9 Å². The molecule has 1 heterocycles. The van der Waals surface area contributed by atoms with Gasteiger partial charge >= 0.3 is 0 Å². The molecule has 0 aliphatic carbocycles. The van der Waals surface area contributed by atoms with Crippen LogP contribution in [0, 0.1) is 6.92 Å². The summed E-state index contributed by atoms with van der Waals surface area (Å²) in [6.07, 6.45) is 1.76. The molecule has 0 aromatic carbocycles. The smallest absolute Gasteiger partial charge is 0.0851 e. The number of nitrogens with zero attached hydrogens (tertiary/aromatic N) is 2. The lowest BCUT2D eigenvalue weighted by atomic mass is 10.3. The van der Waals surface area contributed by atoms with Gasteiger partial charge in [-0.2, -0.15) is 0 Å². The van der Waals surface area contributed by atoms with Gasteiger partial charge in [0.05, 0.1) is 16.4 Å². The quantitative estimate of drug-likeness (QED) is 0.745. The summed E-state index contributed by atoms with van der Waals surface area (Å²) in [6.45, 7) is 4.62. The average Bonchev–Trinajstić information content (AvgIpc) is 2.08. The van der Waals surface area contributed by atoms with E-state index in [2.05, 4.69) is 4.98 Å². The number of anilines is 1. The maximum atomic E-state index is 6.12. The Hall–Kier alpha value is -0.470. The molecule has 2 nitrogen and oxygen atoms in total. The van der Waals surface area contributed by atoms with E-state index in [1.807, 2.05) is 31.9 Å². The van der Waals surface area contributed by atoms with E-state index in [9.17, 15) is 0 Å². The van der Waals surface area contributed by atoms with Crippen molar-refractivity contribution < 1.29 is 0 Å². The highest BCUT2D eigenvalue weighted by Crippen LogP contribution is 2.26. The van der Waals surface area contributed by atoms with E-state index in [1.54, 1.807) is 6.20 Å². The topological polar surface area (TPSA) is 16.1 Å². The van der Waals surface area contributed by atoms with E-state index in [4.69, 9.17) is 23.2 Å². The standard InChI is InChI=1S/C10H14Cl2N2/c1-7(11)6-14(3)9-4-5-13-8(2)10(9)12/h4-5,7H,6H2,1-3H3. The van der Waals surface area contributed by atoms with E-state index in [-0.39, 0.29) is 5.38 Å². The normalized spacial score (nSPS) is 12.6. The fraction of sp³-hybridized carbons (Fsp3) is 0.500. The summed E-state index contributed by atoms with van der Waals surface area (Å²) < 4.78 is 0. The predicted molar refractivity (Wildman–Crippen MR) is 62.6 cm³/mol. The molecule has 1 aromatic rings. The Bertz CT molecular complexity index is 313. The second-order valence-corrected chi connectivity index (χ2v) is 4.51. The van der Waals surface area contributed by atoms with Crippen molar-refractivity contribution in [1.82, 2.24) is 4.98 Å². The zero-order chi connectivity index (χ0) is 10.7. The Labute approximate surface area is 94.8 Å². The average molecular weight is 233 g/mol. The lowest BCUT2D eigenvalue weighted by molar-refractivity contribution is 0.857. The Morgan fingerprint density at radius 2 is 2.21 bits per heavy atom. The van der Waals surface area contributed by atoms with Crippen LogP contribution in [0.1, 0.15) is 12.6 Å². The van der Waals surface area contributed by atoms with E-state index in [1.165, 1.54) is 0 Å².